The van der Waals surface area contributed by atoms with Crippen molar-refractivity contribution in [3.63, 3.8) is 0 Å². The molecule has 0 spiro atoms. The monoisotopic (exact) mass is 739 g/mol. The first kappa shape index (κ1) is 40.9. The summed E-state index contributed by atoms with van der Waals surface area (Å²) in [7, 11) is 1.57. The van der Waals surface area contributed by atoms with Gasteiger partial charge in [0.25, 0.3) is 5.91 Å². The molecule has 4 rings (SSSR count). The Balaban J connectivity index is 1.31. The van der Waals surface area contributed by atoms with Gasteiger partial charge < -0.3 is 35.3 Å². The highest BCUT2D eigenvalue weighted by Crippen LogP contribution is 2.22. The van der Waals surface area contributed by atoms with Gasteiger partial charge in [-0.25, -0.2) is 0 Å². The summed E-state index contributed by atoms with van der Waals surface area (Å²) in [6.07, 6.45) is 11.9. The molecule has 0 saturated carbocycles. The molecule has 3 amide bonds. The Labute approximate surface area is 316 Å². The number of methoxy groups -OCH3 is 1. The van der Waals surface area contributed by atoms with E-state index >= 15 is 0 Å². The van der Waals surface area contributed by atoms with Gasteiger partial charge >= 0.3 is 11.9 Å². The second-order valence-corrected chi connectivity index (χ2v) is 13.1. The van der Waals surface area contributed by atoms with Gasteiger partial charge in [-0.3, -0.25) is 24.0 Å². The highest BCUT2D eigenvalue weighted by Gasteiger charge is 2.26. The fourth-order valence-electron chi connectivity index (χ4n) is 5.56. The summed E-state index contributed by atoms with van der Waals surface area (Å²) in [6.45, 7) is 4.15. The number of rotatable bonds is 20. The first-order chi connectivity index (χ1) is 26.0. The van der Waals surface area contributed by atoms with E-state index in [9.17, 15) is 29.1 Å². The molecule has 286 valence electrons. The number of hydrogen-bond acceptors (Lipinski definition) is 8. The van der Waals surface area contributed by atoms with Crippen LogP contribution in [0.15, 0.2) is 96.8 Å². The standard InChI is InChI=1S/C42H49N3O9/c1-4-5-6-7-8-25-53-35-23-15-32(16-24-35)42(51)54-36-21-11-29(12-22-36)26-37(40(48)43-28(2)41(49)50)45-39(47)31-13-17-33(18-14-31)44-38(46)27-30-9-19-34(52-3)20-10-30/h9-15,17-24,28,32,37H,4-8,16,25-27H2,1-3H3,(H,43,48)(H,44,46)(H,45,47)(H,49,50)/t28-,32?,37?/m0/s1. The first-order valence-corrected chi connectivity index (χ1v) is 18.2. The number of benzene rings is 3. The molecule has 0 aromatic heterocycles. The molecule has 12 heteroatoms. The molecule has 3 aromatic carbocycles. The Morgan fingerprint density at radius 3 is 2.13 bits per heavy atom. The molecule has 12 nitrogen and oxygen atoms in total. The minimum absolute atomic E-state index is 0.0230. The number of carboxylic acids is 1. The van der Waals surface area contributed by atoms with Crippen LogP contribution >= 0.6 is 0 Å². The van der Waals surface area contributed by atoms with Gasteiger partial charge in [0.05, 0.1) is 26.1 Å². The molecule has 0 heterocycles. The number of allylic oxidation sites excluding steroid dienone is 2. The quantitative estimate of drug-likeness (QED) is 0.0603. The average Bonchev–Trinajstić information content (AvgIpc) is 3.17. The van der Waals surface area contributed by atoms with Crippen molar-refractivity contribution in [3.05, 3.63) is 113 Å². The van der Waals surface area contributed by atoms with Gasteiger partial charge in [0, 0.05) is 17.7 Å². The number of carboxylic acid groups (broad SMARTS) is 1. The number of aliphatic carboxylic acids is 1. The molecule has 1 aliphatic carbocycles. The van der Waals surface area contributed by atoms with Crippen LogP contribution in [0, 0.1) is 5.92 Å². The van der Waals surface area contributed by atoms with Crippen molar-refractivity contribution >= 4 is 35.3 Å². The maximum Gasteiger partial charge on any atom is 0.325 e. The Morgan fingerprint density at radius 1 is 0.833 bits per heavy atom. The molecule has 3 atom stereocenters. The molecular weight excluding hydrogens is 690 g/mol. The minimum atomic E-state index is -1.23. The van der Waals surface area contributed by atoms with Crippen molar-refractivity contribution in [2.75, 3.05) is 19.0 Å². The number of hydrogen-bond donors (Lipinski definition) is 4. The van der Waals surface area contributed by atoms with Crippen LogP contribution in [-0.2, 0) is 36.8 Å². The van der Waals surface area contributed by atoms with Crippen LogP contribution in [0.1, 0.15) is 73.9 Å². The molecule has 0 bridgehead atoms. The van der Waals surface area contributed by atoms with Gasteiger partial charge in [-0.1, -0.05) is 62.9 Å². The minimum Gasteiger partial charge on any atom is -0.497 e. The van der Waals surface area contributed by atoms with Gasteiger partial charge in [0.2, 0.25) is 11.8 Å². The van der Waals surface area contributed by atoms with Crippen molar-refractivity contribution in [2.45, 2.75) is 77.3 Å². The summed E-state index contributed by atoms with van der Waals surface area (Å²) in [5.74, 6) is -1.84. The van der Waals surface area contributed by atoms with E-state index in [2.05, 4.69) is 22.9 Å². The van der Waals surface area contributed by atoms with Gasteiger partial charge in [-0.15, -0.1) is 0 Å². The molecule has 0 saturated heterocycles. The van der Waals surface area contributed by atoms with E-state index in [0.29, 0.717) is 35.8 Å². The van der Waals surface area contributed by atoms with Crippen LogP contribution in [-0.4, -0.2) is 60.6 Å². The number of esters is 1. The summed E-state index contributed by atoms with van der Waals surface area (Å²) < 4.78 is 16.6. The zero-order valence-corrected chi connectivity index (χ0v) is 31.0. The van der Waals surface area contributed by atoms with Crippen LogP contribution in [0.5, 0.6) is 11.5 Å². The number of carbonyl (C=O) groups excluding carboxylic acids is 4. The third kappa shape index (κ3) is 13.3. The molecule has 2 unspecified atom stereocenters. The molecule has 0 radical (unpaired) electrons. The maximum atomic E-state index is 13.3. The predicted octanol–water partition coefficient (Wildman–Crippen LogP) is 6.16. The number of anilines is 1. The van der Waals surface area contributed by atoms with Gasteiger partial charge in [-0.05, 0) is 91.6 Å². The van der Waals surface area contributed by atoms with E-state index in [1.807, 2.05) is 6.08 Å². The lowest BCUT2D eigenvalue weighted by Gasteiger charge is -2.20. The molecule has 54 heavy (non-hydrogen) atoms. The lowest BCUT2D eigenvalue weighted by Crippen LogP contribution is -2.51. The molecule has 3 aromatic rings. The Hall–Kier alpha value is -5.91. The van der Waals surface area contributed by atoms with E-state index in [-0.39, 0.29) is 24.3 Å². The first-order valence-electron chi connectivity index (χ1n) is 18.2. The zero-order valence-electron chi connectivity index (χ0n) is 31.0. The molecular formula is C42H49N3O9. The lowest BCUT2D eigenvalue weighted by atomic mass is 10.0. The van der Waals surface area contributed by atoms with E-state index in [1.54, 1.807) is 79.9 Å². The highest BCUT2D eigenvalue weighted by molar-refractivity contribution is 5.99. The molecule has 0 fully saturated rings. The van der Waals surface area contributed by atoms with Crippen molar-refractivity contribution in [1.82, 2.24) is 10.6 Å². The molecule has 4 N–H and O–H groups in total. The third-order valence-corrected chi connectivity index (χ3v) is 8.77. The zero-order chi connectivity index (χ0) is 38.9. The number of unbranched alkanes of at least 4 members (excludes halogenated alkanes) is 4. The lowest BCUT2D eigenvalue weighted by molar-refractivity contribution is -0.141. The summed E-state index contributed by atoms with van der Waals surface area (Å²) in [5, 5.41) is 17.2. The Bertz CT molecular complexity index is 1780. The number of ether oxygens (including phenoxy) is 3. The fraction of sp³-hybridized carbons (Fsp3) is 0.357. The van der Waals surface area contributed by atoms with Crippen LogP contribution in [0.4, 0.5) is 5.69 Å². The van der Waals surface area contributed by atoms with Crippen LogP contribution in [0.3, 0.4) is 0 Å². The highest BCUT2D eigenvalue weighted by atomic mass is 16.5. The SMILES string of the molecule is CCCCCCCOC1=CCC(C(=O)Oc2ccc(CC(NC(=O)c3ccc(NC(=O)Cc4ccc(OC)cc4)cc3)C(=O)N[C@@H](C)C(=O)O)cc2)C=C1. The normalized spacial score (nSPS) is 14.5. The largest absolute Gasteiger partial charge is 0.497 e. The van der Waals surface area contributed by atoms with Gasteiger partial charge in [0.15, 0.2) is 0 Å². The number of nitrogens with one attached hydrogen (secondary N) is 3. The summed E-state index contributed by atoms with van der Waals surface area (Å²) in [6, 6.07) is 17.5. The third-order valence-electron chi connectivity index (χ3n) is 8.77. The topological polar surface area (TPSA) is 169 Å². The summed E-state index contributed by atoms with van der Waals surface area (Å²) >= 11 is 0. The van der Waals surface area contributed by atoms with E-state index in [0.717, 1.165) is 24.2 Å². The van der Waals surface area contributed by atoms with Gasteiger partial charge in [0.1, 0.15) is 29.3 Å². The molecule has 1 aliphatic rings. The van der Waals surface area contributed by atoms with Crippen molar-refractivity contribution < 1.29 is 43.3 Å². The fourth-order valence-corrected chi connectivity index (χ4v) is 5.56. The average molecular weight is 740 g/mol. The Kier molecular flexibility index (Phi) is 15.9. The Morgan fingerprint density at radius 2 is 1.50 bits per heavy atom. The van der Waals surface area contributed by atoms with Crippen LogP contribution < -0.4 is 25.4 Å². The second kappa shape index (κ2) is 21.0. The van der Waals surface area contributed by atoms with Crippen LogP contribution in [0.25, 0.3) is 0 Å². The van der Waals surface area contributed by atoms with Crippen molar-refractivity contribution in [1.29, 1.82) is 0 Å². The van der Waals surface area contributed by atoms with Crippen molar-refractivity contribution in [2.24, 2.45) is 5.92 Å². The summed E-state index contributed by atoms with van der Waals surface area (Å²) in [4.78, 5) is 63.3. The van der Waals surface area contributed by atoms with Crippen LogP contribution in [0.2, 0.25) is 0 Å². The van der Waals surface area contributed by atoms with E-state index in [1.165, 1.54) is 38.3 Å². The van der Waals surface area contributed by atoms with E-state index in [4.69, 9.17) is 14.2 Å². The van der Waals surface area contributed by atoms with E-state index < -0.39 is 41.8 Å². The second-order valence-electron chi connectivity index (χ2n) is 13.1. The number of amides is 3. The predicted molar refractivity (Wildman–Crippen MR) is 204 cm³/mol. The maximum absolute atomic E-state index is 13.3. The van der Waals surface area contributed by atoms with Gasteiger partial charge in [-0.2, -0.15) is 0 Å². The summed E-state index contributed by atoms with van der Waals surface area (Å²) in [5.41, 5.74) is 2.14. The smallest absolute Gasteiger partial charge is 0.325 e. The van der Waals surface area contributed by atoms with Crippen molar-refractivity contribution in [3.8, 4) is 11.5 Å². The number of carbonyl (C=O) groups is 5. The molecule has 0 aliphatic heterocycles.